The van der Waals surface area contributed by atoms with Gasteiger partial charge in [0.05, 0.1) is 16.8 Å². The molecular weight excluding hydrogens is 442 g/mol. The normalized spacial score (nSPS) is 35.4. The number of hydrogen-bond donors (Lipinski definition) is 1. The van der Waals surface area contributed by atoms with Gasteiger partial charge in [-0.2, -0.15) is 0 Å². The van der Waals surface area contributed by atoms with Crippen LogP contribution in [0.4, 0.5) is 0 Å². The molecule has 1 fully saturated rings. The quantitative estimate of drug-likeness (QED) is 0.467. The summed E-state index contributed by atoms with van der Waals surface area (Å²) < 4.78 is 0. The number of hydrogen-bond acceptors (Lipinski definition) is 5. The number of thiazole rings is 1. The van der Waals surface area contributed by atoms with E-state index in [-0.39, 0.29) is 23.4 Å². The molecule has 3 rings (SSSR count). The lowest BCUT2D eigenvalue weighted by molar-refractivity contribution is -0.136. The van der Waals surface area contributed by atoms with Gasteiger partial charge in [0.15, 0.2) is 0 Å². The van der Waals surface area contributed by atoms with Gasteiger partial charge in [0.1, 0.15) is 11.6 Å². The number of fused-ring (bicyclic) bond motifs is 1. The molecule has 34 heavy (non-hydrogen) atoms. The third-order valence-electron chi connectivity index (χ3n) is 8.24. The van der Waals surface area contributed by atoms with Gasteiger partial charge >= 0.3 is 0 Å². The lowest BCUT2D eigenvalue weighted by Gasteiger charge is -2.31. The molecule has 5 heteroatoms. The Morgan fingerprint density at radius 3 is 2.56 bits per heavy atom. The zero-order valence-corrected chi connectivity index (χ0v) is 22.9. The summed E-state index contributed by atoms with van der Waals surface area (Å²) in [5.41, 5.74) is 2.94. The fraction of sp³-hybridized carbons (Fsp3) is 0.690. The van der Waals surface area contributed by atoms with Crippen LogP contribution in [0.2, 0.25) is 0 Å². The third kappa shape index (κ3) is 6.75. The fourth-order valence-electron chi connectivity index (χ4n) is 5.61. The van der Waals surface area contributed by atoms with E-state index in [0.717, 1.165) is 30.0 Å². The maximum absolute atomic E-state index is 13.2. The van der Waals surface area contributed by atoms with E-state index in [1.54, 1.807) is 11.3 Å². The SMILES string of the molecule is C/C1=C/CC(/C(C)=C/c2csc(C)n2)CC(=O)CCC(C)(C)C(=O)[C@H](C)[C@@H](O)C(C)CC2CC12. The zero-order valence-electron chi connectivity index (χ0n) is 22.1. The second-order valence-electron chi connectivity index (χ2n) is 11.6. The first kappa shape index (κ1) is 27.0. The Morgan fingerprint density at radius 2 is 1.91 bits per heavy atom. The smallest absolute Gasteiger partial charge is 0.143 e. The van der Waals surface area contributed by atoms with Crippen molar-refractivity contribution < 1.29 is 14.7 Å². The highest BCUT2D eigenvalue weighted by atomic mass is 32.1. The Labute approximate surface area is 210 Å². The van der Waals surface area contributed by atoms with Crippen LogP contribution in [0.15, 0.2) is 22.6 Å². The average Bonchev–Trinajstić information content (AvgIpc) is 3.43. The van der Waals surface area contributed by atoms with E-state index < -0.39 is 17.4 Å². The molecule has 1 N–H and O–H groups in total. The predicted molar refractivity (Wildman–Crippen MR) is 141 cm³/mol. The number of nitrogens with zero attached hydrogens (tertiary/aromatic N) is 1. The molecule has 4 nitrogen and oxygen atoms in total. The van der Waals surface area contributed by atoms with Crippen LogP contribution in [-0.4, -0.2) is 27.8 Å². The Morgan fingerprint density at radius 1 is 1.21 bits per heavy atom. The minimum atomic E-state index is -0.632. The van der Waals surface area contributed by atoms with Crippen molar-refractivity contribution in [3.8, 4) is 0 Å². The van der Waals surface area contributed by atoms with E-state index in [9.17, 15) is 14.7 Å². The summed E-state index contributed by atoms with van der Waals surface area (Å²) in [4.78, 5) is 30.9. The molecule has 0 amide bonds. The Hall–Kier alpha value is -1.59. The monoisotopic (exact) mass is 485 g/mol. The van der Waals surface area contributed by atoms with Crippen molar-refractivity contribution in [1.29, 1.82) is 0 Å². The van der Waals surface area contributed by atoms with Crippen molar-refractivity contribution in [1.82, 2.24) is 4.98 Å². The van der Waals surface area contributed by atoms with E-state index in [0.29, 0.717) is 31.1 Å². The molecule has 2 aliphatic carbocycles. The van der Waals surface area contributed by atoms with E-state index in [1.807, 2.05) is 27.7 Å². The van der Waals surface area contributed by atoms with Crippen LogP contribution in [0.1, 0.15) is 90.8 Å². The van der Waals surface area contributed by atoms with Crippen LogP contribution in [0, 0.1) is 41.9 Å². The number of carbonyl (C=O) groups excluding carboxylic acids is 2. The van der Waals surface area contributed by atoms with Crippen molar-refractivity contribution in [2.45, 2.75) is 93.1 Å². The summed E-state index contributed by atoms with van der Waals surface area (Å²) in [6.45, 7) is 14.1. The Bertz CT molecular complexity index is 956. The molecule has 1 heterocycles. The van der Waals surface area contributed by atoms with Crippen LogP contribution >= 0.6 is 11.3 Å². The van der Waals surface area contributed by atoms with Gasteiger partial charge in [-0.1, -0.05) is 44.9 Å². The molecular formula is C29H43NO3S. The number of ketones is 2. The van der Waals surface area contributed by atoms with E-state index >= 15 is 0 Å². The largest absolute Gasteiger partial charge is 0.392 e. The second kappa shape index (κ2) is 11.0. The van der Waals surface area contributed by atoms with Crippen molar-refractivity contribution >= 4 is 29.0 Å². The van der Waals surface area contributed by atoms with Crippen LogP contribution in [0.25, 0.3) is 6.08 Å². The molecule has 0 spiro atoms. The van der Waals surface area contributed by atoms with Gasteiger partial charge in [-0.25, -0.2) is 4.98 Å². The molecule has 0 saturated heterocycles. The summed E-state index contributed by atoms with van der Waals surface area (Å²) in [7, 11) is 0. The Balaban J connectivity index is 1.85. The minimum Gasteiger partial charge on any atom is -0.392 e. The van der Waals surface area contributed by atoms with Crippen molar-refractivity contribution in [3.63, 3.8) is 0 Å². The number of allylic oxidation sites excluding steroid dienone is 3. The highest BCUT2D eigenvalue weighted by Crippen LogP contribution is 2.49. The summed E-state index contributed by atoms with van der Waals surface area (Å²) in [5.74, 6) is 1.24. The molecule has 1 aromatic rings. The van der Waals surface area contributed by atoms with Gasteiger partial charge in [-0.05, 0) is 76.2 Å². The summed E-state index contributed by atoms with van der Waals surface area (Å²) in [6.07, 6.45) is 8.21. The summed E-state index contributed by atoms with van der Waals surface area (Å²) in [6, 6.07) is 0. The van der Waals surface area contributed by atoms with E-state index in [4.69, 9.17) is 0 Å². The number of Topliss-reactive ketones (excluding diaryl/α,β-unsaturated/α-hetero) is 2. The molecule has 2 aliphatic rings. The van der Waals surface area contributed by atoms with Gasteiger partial charge < -0.3 is 5.11 Å². The van der Waals surface area contributed by atoms with Gasteiger partial charge in [-0.15, -0.1) is 11.3 Å². The molecule has 0 radical (unpaired) electrons. The highest BCUT2D eigenvalue weighted by Gasteiger charge is 2.42. The zero-order chi connectivity index (χ0) is 25.2. The first-order chi connectivity index (χ1) is 15.9. The number of aromatic nitrogens is 1. The minimum absolute atomic E-state index is 0.0710. The first-order valence-electron chi connectivity index (χ1n) is 12.9. The standard InChI is InChI=1S/C29H43NO3S/c1-17-8-9-22(18(2)13-24-16-34-21(5)30-24)14-25(31)10-11-29(6,7)28(33)20(4)27(32)19(3)12-23-15-26(17)23/h8,13,16,19-20,22-23,26-27,32H,9-12,14-15H2,1-7H3/b17-8-,18-13+/t19?,20-,22?,23?,26?,27+/m1/s1. The molecule has 1 aromatic heterocycles. The molecule has 188 valence electrons. The van der Waals surface area contributed by atoms with Crippen molar-refractivity contribution in [2.24, 2.45) is 35.0 Å². The number of rotatable bonds is 2. The van der Waals surface area contributed by atoms with Gasteiger partial charge in [0.25, 0.3) is 0 Å². The molecule has 0 aromatic carbocycles. The maximum Gasteiger partial charge on any atom is 0.143 e. The predicted octanol–water partition coefficient (Wildman–Crippen LogP) is 6.82. The second-order valence-corrected chi connectivity index (χ2v) is 12.7. The van der Waals surface area contributed by atoms with Crippen molar-refractivity contribution in [2.75, 3.05) is 0 Å². The molecule has 1 saturated carbocycles. The van der Waals surface area contributed by atoms with Crippen LogP contribution < -0.4 is 0 Å². The lowest BCUT2D eigenvalue weighted by Crippen LogP contribution is -2.39. The van der Waals surface area contributed by atoms with Crippen LogP contribution in [0.5, 0.6) is 0 Å². The highest BCUT2D eigenvalue weighted by molar-refractivity contribution is 7.09. The fourth-order valence-corrected chi connectivity index (χ4v) is 6.18. The van der Waals surface area contributed by atoms with Crippen molar-refractivity contribution in [3.05, 3.63) is 33.3 Å². The molecule has 0 bridgehead atoms. The molecule has 4 unspecified atom stereocenters. The van der Waals surface area contributed by atoms with E-state index in [2.05, 4.69) is 43.3 Å². The third-order valence-corrected chi connectivity index (χ3v) is 9.03. The Kier molecular flexibility index (Phi) is 8.73. The maximum atomic E-state index is 13.2. The van der Waals surface area contributed by atoms with Crippen LogP contribution in [-0.2, 0) is 9.59 Å². The molecule has 6 atom stereocenters. The molecule has 0 aliphatic heterocycles. The number of aliphatic hydroxyl groups excluding tert-OH is 1. The van der Waals surface area contributed by atoms with Crippen LogP contribution in [0.3, 0.4) is 0 Å². The average molecular weight is 486 g/mol. The number of aryl methyl sites for hydroxylation is 1. The first-order valence-corrected chi connectivity index (χ1v) is 13.8. The summed E-state index contributed by atoms with van der Waals surface area (Å²) in [5, 5.41) is 14.0. The number of aliphatic hydroxyl groups is 1. The van der Waals surface area contributed by atoms with E-state index in [1.165, 1.54) is 11.1 Å². The van der Waals surface area contributed by atoms with Gasteiger partial charge in [-0.3, -0.25) is 9.59 Å². The summed E-state index contributed by atoms with van der Waals surface area (Å²) >= 11 is 1.64. The van der Waals surface area contributed by atoms with Gasteiger partial charge in [0, 0.05) is 29.6 Å². The van der Waals surface area contributed by atoms with Gasteiger partial charge in [0.2, 0.25) is 0 Å². The topological polar surface area (TPSA) is 67.3 Å². The number of carbonyl (C=O) groups is 2. The lowest BCUT2D eigenvalue weighted by atomic mass is 9.73.